The Morgan fingerprint density at radius 2 is 1.80 bits per heavy atom. The molecule has 0 bridgehead atoms. The maximum absolute atomic E-state index is 13.0. The molecule has 7 nitrogen and oxygen atoms in total. The van der Waals surface area contributed by atoms with Gasteiger partial charge in [-0.15, -0.1) is 0 Å². The lowest BCUT2D eigenvalue weighted by molar-refractivity contribution is -0.138. The number of rotatable bonds is 4. The molecule has 156 valence electrons. The van der Waals surface area contributed by atoms with Crippen molar-refractivity contribution in [2.75, 3.05) is 29.9 Å². The molecule has 7 heteroatoms. The van der Waals surface area contributed by atoms with Crippen LogP contribution in [0.4, 0.5) is 11.4 Å². The van der Waals surface area contributed by atoms with E-state index in [9.17, 15) is 14.4 Å². The van der Waals surface area contributed by atoms with E-state index in [1.165, 1.54) is 0 Å². The zero-order valence-corrected chi connectivity index (χ0v) is 17.1. The van der Waals surface area contributed by atoms with E-state index in [0.717, 1.165) is 11.3 Å². The van der Waals surface area contributed by atoms with Crippen LogP contribution in [0.3, 0.4) is 0 Å². The molecule has 0 radical (unpaired) electrons. The first kappa shape index (κ1) is 20.1. The van der Waals surface area contributed by atoms with Crippen LogP contribution >= 0.6 is 0 Å². The fourth-order valence-corrected chi connectivity index (χ4v) is 4.15. The minimum atomic E-state index is -0.320. The smallest absolute Gasteiger partial charge is 0.228 e. The minimum absolute atomic E-state index is 0.0112. The Hall–Kier alpha value is -3.22. The van der Waals surface area contributed by atoms with Gasteiger partial charge in [0.05, 0.1) is 17.8 Å². The van der Waals surface area contributed by atoms with Gasteiger partial charge in [0, 0.05) is 43.9 Å². The van der Waals surface area contributed by atoms with E-state index in [1.54, 1.807) is 29.4 Å². The number of hydrogen-bond acceptors (Lipinski definition) is 4. The van der Waals surface area contributed by atoms with E-state index in [1.807, 2.05) is 36.1 Å². The Morgan fingerprint density at radius 1 is 1.07 bits per heavy atom. The van der Waals surface area contributed by atoms with Crippen LogP contribution in [0.1, 0.15) is 24.8 Å². The van der Waals surface area contributed by atoms with Gasteiger partial charge in [-0.3, -0.25) is 19.4 Å². The Kier molecular flexibility index (Phi) is 5.79. The molecule has 1 atom stereocenters. The first-order chi connectivity index (χ1) is 14.5. The molecule has 30 heavy (non-hydrogen) atoms. The molecule has 2 fully saturated rings. The zero-order valence-electron chi connectivity index (χ0n) is 17.1. The third-order valence-corrected chi connectivity index (χ3v) is 5.93. The number of hydrogen-bond donors (Lipinski definition) is 1. The first-order valence-corrected chi connectivity index (χ1v) is 10.4. The summed E-state index contributed by atoms with van der Waals surface area (Å²) in [6, 6.07) is 11.4. The fourth-order valence-electron chi connectivity index (χ4n) is 4.15. The number of carbonyl (C=O) groups excluding carboxylic acids is 3. The summed E-state index contributed by atoms with van der Waals surface area (Å²) < 4.78 is 0. The molecule has 3 amide bonds. The van der Waals surface area contributed by atoms with E-state index >= 15 is 0 Å². The normalized spacial score (nSPS) is 19.8. The summed E-state index contributed by atoms with van der Waals surface area (Å²) in [6.07, 6.45) is 4.77. The van der Waals surface area contributed by atoms with Crippen LogP contribution in [-0.2, 0) is 14.4 Å². The highest BCUT2D eigenvalue weighted by atomic mass is 16.2. The highest BCUT2D eigenvalue weighted by molar-refractivity contribution is 6.00. The second kappa shape index (κ2) is 8.65. The lowest BCUT2D eigenvalue weighted by Crippen LogP contribution is -2.44. The van der Waals surface area contributed by atoms with Gasteiger partial charge in [-0.05, 0) is 44.0 Å². The number of nitrogens with zero attached hydrogens (tertiary/aromatic N) is 3. The largest absolute Gasteiger partial charge is 0.342 e. The standard InChI is InChI=1S/C23H26N4O3/c1-16-4-6-20(7-5-16)27-15-18(13-21(27)28)23(30)26-11-8-17(9-12-26)22(29)25-19-3-2-10-24-14-19/h2-7,10,14,17-18H,8-9,11-13,15H2,1H3,(H,25,29)/t18-/m0/s1. The highest BCUT2D eigenvalue weighted by Crippen LogP contribution is 2.28. The van der Waals surface area contributed by atoms with Gasteiger partial charge in [-0.2, -0.15) is 0 Å². The van der Waals surface area contributed by atoms with E-state index in [2.05, 4.69) is 10.3 Å². The molecule has 1 N–H and O–H groups in total. The van der Waals surface area contributed by atoms with Crippen molar-refractivity contribution in [1.82, 2.24) is 9.88 Å². The van der Waals surface area contributed by atoms with Crippen LogP contribution < -0.4 is 10.2 Å². The number of pyridine rings is 1. The average molecular weight is 406 g/mol. The van der Waals surface area contributed by atoms with Crippen LogP contribution in [0.5, 0.6) is 0 Å². The van der Waals surface area contributed by atoms with Crippen LogP contribution in [-0.4, -0.2) is 47.2 Å². The van der Waals surface area contributed by atoms with Crippen LogP contribution in [0, 0.1) is 18.8 Å². The highest BCUT2D eigenvalue weighted by Gasteiger charge is 2.38. The lowest BCUT2D eigenvalue weighted by Gasteiger charge is -2.32. The van der Waals surface area contributed by atoms with Crippen molar-refractivity contribution in [2.45, 2.75) is 26.2 Å². The number of likely N-dealkylation sites (tertiary alicyclic amines) is 1. The zero-order chi connectivity index (χ0) is 21.1. The topological polar surface area (TPSA) is 82.6 Å². The number of amides is 3. The molecule has 1 aromatic heterocycles. The Bertz CT molecular complexity index is 921. The first-order valence-electron chi connectivity index (χ1n) is 10.4. The van der Waals surface area contributed by atoms with Gasteiger partial charge in [-0.25, -0.2) is 0 Å². The van der Waals surface area contributed by atoms with Crippen LogP contribution in [0.15, 0.2) is 48.8 Å². The number of carbonyl (C=O) groups is 3. The molecule has 0 unspecified atom stereocenters. The molecular weight excluding hydrogens is 380 g/mol. The summed E-state index contributed by atoms with van der Waals surface area (Å²) in [5.41, 5.74) is 2.65. The Balaban J connectivity index is 1.30. The van der Waals surface area contributed by atoms with E-state index in [0.29, 0.717) is 38.2 Å². The molecule has 3 heterocycles. The van der Waals surface area contributed by atoms with Crippen molar-refractivity contribution in [3.05, 3.63) is 54.4 Å². The van der Waals surface area contributed by atoms with Crippen molar-refractivity contribution in [2.24, 2.45) is 11.8 Å². The number of aromatic nitrogens is 1. The summed E-state index contributed by atoms with van der Waals surface area (Å²) in [5.74, 6) is -0.466. The monoisotopic (exact) mass is 406 g/mol. The predicted octanol–water partition coefficient (Wildman–Crippen LogP) is 2.62. The van der Waals surface area contributed by atoms with Gasteiger partial charge in [0.1, 0.15) is 0 Å². The summed E-state index contributed by atoms with van der Waals surface area (Å²) in [7, 11) is 0. The van der Waals surface area contributed by atoms with Gasteiger partial charge in [-0.1, -0.05) is 17.7 Å². The van der Waals surface area contributed by atoms with Crippen molar-refractivity contribution in [3.8, 4) is 0 Å². The second-order valence-corrected chi connectivity index (χ2v) is 8.07. The number of piperidine rings is 1. The SMILES string of the molecule is Cc1ccc(N2C[C@@H](C(=O)N3CCC(C(=O)Nc4cccnc4)CC3)CC2=O)cc1. The van der Waals surface area contributed by atoms with E-state index in [4.69, 9.17) is 0 Å². The number of nitrogens with one attached hydrogen (secondary N) is 1. The van der Waals surface area contributed by atoms with E-state index in [-0.39, 0.29) is 36.0 Å². The molecule has 2 saturated heterocycles. The van der Waals surface area contributed by atoms with Crippen molar-refractivity contribution >= 4 is 29.1 Å². The third-order valence-electron chi connectivity index (χ3n) is 5.93. The van der Waals surface area contributed by atoms with Crippen molar-refractivity contribution < 1.29 is 14.4 Å². The van der Waals surface area contributed by atoms with Crippen LogP contribution in [0.25, 0.3) is 0 Å². The second-order valence-electron chi connectivity index (χ2n) is 8.07. The lowest BCUT2D eigenvalue weighted by atomic mass is 9.94. The van der Waals surface area contributed by atoms with Gasteiger partial charge in [0.25, 0.3) is 0 Å². The molecule has 4 rings (SSSR count). The maximum Gasteiger partial charge on any atom is 0.228 e. The van der Waals surface area contributed by atoms with Gasteiger partial charge < -0.3 is 15.1 Å². The molecular formula is C23H26N4O3. The quantitative estimate of drug-likeness (QED) is 0.846. The molecule has 2 aliphatic heterocycles. The van der Waals surface area contributed by atoms with Crippen molar-refractivity contribution in [1.29, 1.82) is 0 Å². The molecule has 0 aliphatic carbocycles. The minimum Gasteiger partial charge on any atom is -0.342 e. The van der Waals surface area contributed by atoms with Gasteiger partial charge in [0.15, 0.2) is 0 Å². The number of anilines is 2. The molecule has 0 saturated carbocycles. The summed E-state index contributed by atoms with van der Waals surface area (Å²) in [5, 5.41) is 2.89. The number of benzene rings is 1. The van der Waals surface area contributed by atoms with Gasteiger partial charge in [0.2, 0.25) is 17.7 Å². The third kappa shape index (κ3) is 4.35. The summed E-state index contributed by atoms with van der Waals surface area (Å²) in [4.78, 5) is 45.4. The van der Waals surface area contributed by atoms with E-state index < -0.39 is 0 Å². The van der Waals surface area contributed by atoms with Crippen molar-refractivity contribution in [3.63, 3.8) is 0 Å². The number of aryl methyl sites for hydroxylation is 1. The molecule has 2 aromatic rings. The summed E-state index contributed by atoms with van der Waals surface area (Å²) >= 11 is 0. The predicted molar refractivity (Wildman–Crippen MR) is 114 cm³/mol. The molecule has 1 aromatic carbocycles. The van der Waals surface area contributed by atoms with Crippen LogP contribution in [0.2, 0.25) is 0 Å². The maximum atomic E-state index is 13.0. The molecule has 2 aliphatic rings. The Labute approximate surface area is 176 Å². The fraction of sp³-hybridized carbons (Fsp3) is 0.391. The Morgan fingerprint density at radius 3 is 2.47 bits per heavy atom. The summed E-state index contributed by atoms with van der Waals surface area (Å²) in [6.45, 7) is 3.50. The average Bonchev–Trinajstić information content (AvgIpc) is 3.16. The van der Waals surface area contributed by atoms with Gasteiger partial charge >= 0.3 is 0 Å². The molecule has 0 spiro atoms.